The highest BCUT2D eigenvalue weighted by Gasteiger charge is 2.09. The molecule has 2 aromatic rings. The molecule has 2 rings (SSSR count). The van der Waals surface area contributed by atoms with Gasteiger partial charge in [0.05, 0.1) is 6.04 Å². The lowest BCUT2D eigenvalue weighted by Gasteiger charge is -2.15. The van der Waals surface area contributed by atoms with E-state index < -0.39 is 0 Å². The third-order valence-corrected chi connectivity index (χ3v) is 3.64. The van der Waals surface area contributed by atoms with Crippen LogP contribution in [0.15, 0.2) is 53.3 Å². The summed E-state index contributed by atoms with van der Waals surface area (Å²) >= 11 is 3.43. The molecule has 5 heteroatoms. The fraction of sp³-hybridized carbons (Fsp3) is 0.250. The predicted molar refractivity (Wildman–Crippen MR) is 87.0 cm³/mol. The van der Waals surface area contributed by atoms with Crippen LogP contribution >= 0.6 is 15.9 Å². The number of hydrogen-bond acceptors (Lipinski definition) is 2. The monoisotopic (exact) mass is 347 g/mol. The van der Waals surface area contributed by atoms with Gasteiger partial charge in [0.15, 0.2) is 0 Å². The Labute approximate surface area is 133 Å². The highest BCUT2D eigenvalue weighted by atomic mass is 79.9. The second-order valence-electron chi connectivity index (χ2n) is 4.78. The largest absolute Gasteiger partial charge is 0.338 e. The van der Waals surface area contributed by atoms with Crippen molar-refractivity contribution in [1.82, 2.24) is 15.6 Å². The molecule has 2 N–H and O–H groups in total. The van der Waals surface area contributed by atoms with E-state index in [1.807, 2.05) is 43.3 Å². The molecular weight excluding hydrogens is 330 g/mol. The number of urea groups is 1. The molecule has 1 aromatic heterocycles. The van der Waals surface area contributed by atoms with Crippen LogP contribution in [-0.2, 0) is 6.42 Å². The number of hydrogen-bond donors (Lipinski definition) is 2. The van der Waals surface area contributed by atoms with Crippen LogP contribution in [0.4, 0.5) is 4.79 Å². The first kappa shape index (κ1) is 15.5. The molecule has 4 nitrogen and oxygen atoms in total. The van der Waals surface area contributed by atoms with Gasteiger partial charge in [0.25, 0.3) is 0 Å². The molecule has 1 atom stereocenters. The van der Waals surface area contributed by atoms with Gasteiger partial charge in [-0.3, -0.25) is 4.98 Å². The topological polar surface area (TPSA) is 54.0 Å². The molecule has 0 bridgehead atoms. The van der Waals surface area contributed by atoms with Crippen molar-refractivity contribution < 1.29 is 4.79 Å². The Hall–Kier alpha value is -1.88. The standard InChI is InChI=1S/C16H18BrN3O/c1-12(14-3-2-4-15(17)11-14)20-16(21)19-10-7-13-5-8-18-9-6-13/h2-6,8-9,11-12H,7,10H2,1H3,(H2,19,20,21). The van der Waals surface area contributed by atoms with E-state index in [-0.39, 0.29) is 12.1 Å². The van der Waals surface area contributed by atoms with Gasteiger partial charge in [-0.15, -0.1) is 0 Å². The first-order chi connectivity index (χ1) is 10.1. The molecule has 1 unspecified atom stereocenters. The fourth-order valence-corrected chi connectivity index (χ4v) is 2.39. The zero-order chi connectivity index (χ0) is 15.1. The van der Waals surface area contributed by atoms with E-state index in [4.69, 9.17) is 0 Å². The van der Waals surface area contributed by atoms with Crippen LogP contribution in [0.3, 0.4) is 0 Å². The summed E-state index contributed by atoms with van der Waals surface area (Å²) in [5, 5.41) is 5.79. The van der Waals surface area contributed by atoms with E-state index in [1.54, 1.807) is 12.4 Å². The number of nitrogens with one attached hydrogen (secondary N) is 2. The Bertz CT molecular complexity index is 589. The Kier molecular flexibility index (Phi) is 5.75. The number of aromatic nitrogens is 1. The summed E-state index contributed by atoms with van der Waals surface area (Å²) in [4.78, 5) is 15.8. The Balaban J connectivity index is 1.76. The molecule has 0 spiro atoms. The number of carbonyl (C=O) groups excluding carboxylic acids is 1. The van der Waals surface area contributed by atoms with E-state index in [0.717, 1.165) is 22.0 Å². The number of halogens is 1. The Morgan fingerprint density at radius 2 is 2.05 bits per heavy atom. The summed E-state index contributed by atoms with van der Waals surface area (Å²) in [6, 6.07) is 11.6. The van der Waals surface area contributed by atoms with Crippen molar-refractivity contribution in [1.29, 1.82) is 0 Å². The first-order valence-corrected chi connectivity index (χ1v) is 7.63. The molecule has 1 heterocycles. The highest BCUT2D eigenvalue weighted by Crippen LogP contribution is 2.17. The highest BCUT2D eigenvalue weighted by molar-refractivity contribution is 9.10. The van der Waals surface area contributed by atoms with Crippen molar-refractivity contribution in [2.24, 2.45) is 0 Å². The number of pyridine rings is 1. The zero-order valence-electron chi connectivity index (χ0n) is 11.8. The maximum Gasteiger partial charge on any atom is 0.315 e. The second kappa shape index (κ2) is 7.78. The zero-order valence-corrected chi connectivity index (χ0v) is 13.4. The molecule has 110 valence electrons. The SMILES string of the molecule is CC(NC(=O)NCCc1ccncc1)c1cccc(Br)c1. The average Bonchev–Trinajstić information content (AvgIpc) is 2.48. The summed E-state index contributed by atoms with van der Waals surface area (Å²) in [5.74, 6) is 0. The van der Waals surface area contributed by atoms with Gasteiger partial charge in [-0.2, -0.15) is 0 Å². The Morgan fingerprint density at radius 1 is 1.29 bits per heavy atom. The van der Waals surface area contributed by atoms with Gasteiger partial charge in [-0.05, 0) is 48.7 Å². The van der Waals surface area contributed by atoms with Gasteiger partial charge in [-0.1, -0.05) is 28.1 Å². The van der Waals surface area contributed by atoms with Crippen molar-refractivity contribution >= 4 is 22.0 Å². The lowest BCUT2D eigenvalue weighted by Crippen LogP contribution is -2.38. The minimum atomic E-state index is -0.156. The van der Waals surface area contributed by atoms with E-state index in [0.29, 0.717) is 6.54 Å². The molecule has 0 saturated carbocycles. The van der Waals surface area contributed by atoms with Gasteiger partial charge in [0.1, 0.15) is 0 Å². The van der Waals surface area contributed by atoms with Crippen LogP contribution in [0.1, 0.15) is 24.1 Å². The molecule has 0 saturated heterocycles. The van der Waals surface area contributed by atoms with E-state index in [2.05, 4.69) is 31.5 Å². The molecule has 1 aromatic carbocycles. The number of benzene rings is 1. The number of carbonyl (C=O) groups is 1. The van der Waals surface area contributed by atoms with Crippen molar-refractivity contribution in [3.05, 3.63) is 64.4 Å². The van der Waals surface area contributed by atoms with Crippen LogP contribution < -0.4 is 10.6 Å². The minimum absolute atomic E-state index is 0.0385. The van der Waals surface area contributed by atoms with Crippen molar-refractivity contribution in [2.75, 3.05) is 6.54 Å². The second-order valence-corrected chi connectivity index (χ2v) is 5.70. The average molecular weight is 348 g/mol. The van der Waals surface area contributed by atoms with E-state index in [9.17, 15) is 4.79 Å². The quantitative estimate of drug-likeness (QED) is 0.870. The molecule has 0 aliphatic rings. The fourth-order valence-electron chi connectivity index (χ4n) is 1.98. The van der Waals surface area contributed by atoms with Gasteiger partial charge in [-0.25, -0.2) is 4.79 Å². The lowest BCUT2D eigenvalue weighted by atomic mass is 10.1. The smallest absolute Gasteiger partial charge is 0.315 e. The summed E-state index contributed by atoms with van der Waals surface area (Å²) < 4.78 is 1.01. The molecule has 0 aliphatic heterocycles. The normalized spacial score (nSPS) is 11.7. The van der Waals surface area contributed by atoms with Crippen molar-refractivity contribution in [3.63, 3.8) is 0 Å². The summed E-state index contributed by atoms with van der Waals surface area (Å²) in [7, 11) is 0. The van der Waals surface area contributed by atoms with Crippen LogP contribution in [0.5, 0.6) is 0 Å². The molecule has 2 amide bonds. The summed E-state index contributed by atoms with van der Waals surface area (Å²) in [6.07, 6.45) is 4.30. The van der Waals surface area contributed by atoms with Crippen LogP contribution in [-0.4, -0.2) is 17.6 Å². The van der Waals surface area contributed by atoms with Crippen LogP contribution in [0, 0.1) is 0 Å². The number of rotatable bonds is 5. The summed E-state index contributed by atoms with van der Waals surface area (Å²) in [5.41, 5.74) is 2.22. The van der Waals surface area contributed by atoms with Gasteiger partial charge < -0.3 is 10.6 Å². The number of amides is 2. The molecule has 0 radical (unpaired) electrons. The van der Waals surface area contributed by atoms with Crippen molar-refractivity contribution in [3.8, 4) is 0 Å². The molecular formula is C16H18BrN3O. The van der Waals surface area contributed by atoms with Gasteiger partial charge in [0.2, 0.25) is 0 Å². The summed E-state index contributed by atoms with van der Waals surface area (Å²) in [6.45, 7) is 2.56. The Morgan fingerprint density at radius 3 is 2.76 bits per heavy atom. The van der Waals surface area contributed by atoms with Crippen LogP contribution in [0.25, 0.3) is 0 Å². The maximum atomic E-state index is 11.9. The molecule has 0 aliphatic carbocycles. The van der Waals surface area contributed by atoms with Gasteiger partial charge >= 0.3 is 6.03 Å². The molecule has 21 heavy (non-hydrogen) atoms. The van der Waals surface area contributed by atoms with E-state index >= 15 is 0 Å². The maximum absolute atomic E-state index is 11.9. The lowest BCUT2D eigenvalue weighted by molar-refractivity contribution is 0.238. The number of nitrogens with zero attached hydrogens (tertiary/aromatic N) is 1. The van der Waals surface area contributed by atoms with E-state index in [1.165, 1.54) is 0 Å². The van der Waals surface area contributed by atoms with Crippen molar-refractivity contribution in [2.45, 2.75) is 19.4 Å². The third-order valence-electron chi connectivity index (χ3n) is 3.14. The third kappa shape index (κ3) is 5.19. The van der Waals surface area contributed by atoms with Gasteiger partial charge in [0, 0.05) is 23.4 Å². The minimum Gasteiger partial charge on any atom is -0.338 e. The molecule has 0 fully saturated rings. The van der Waals surface area contributed by atoms with Crippen LogP contribution in [0.2, 0.25) is 0 Å². The predicted octanol–water partition coefficient (Wildman–Crippen LogP) is 3.45. The first-order valence-electron chi connectivity index (χ1n) is 6.84.